The van der Waals surface area contributed by atoms with Crippen molar-refractivity contribution in [1.82, 2.24) is 0 Å². The van der Waals surface area contributed by atoms with Crippen molar-refractivity contribution in [2.24, 2.45) is 0 Å². The van der Waals surface area contributed by atoms with Gasteiger partial charge in [-0.2, -0.15) is 0 Å². The Bertz CT molecular complexity index is 4720. The summed E-state index contributed by atoms with van der Waals surface area (Å²) in [6.45, 7) is 9.40. The molecule has 0 atom stereocenters. The fraction of sp³-hybridized carbons (Fsp3) is 0.0769. The Morgan fingerprint density at radius 3 is 1.09 bits per heavy atom. The monoisotopic (exact) mass is 1120 g/mol. The molecule has 0 aromatic heterocycles. The highest BCUT2D eigenvalue weighted by Crippen LogP contribution is 2.56. The highest BCUT2D eigenvalue weighted by atomic mass is 79.9. The second kappa shape index (κ2) is 20.5. The summed E-state index contributed by atoms with van der Waals surface area (Å²) in [7, 11) is 0.746. The predicted octanol–water partition coefficient (Wildman–Crippen LogP) is 21.3. The summed E-state index contributed by atoms with van der Waals surface area (Å²) < 4.78 is 6.65. The number of hydrogen-bond acceptors (Lipinski definition) is 2. The molecule has 1 radical (unpaired) electrons. The van der Waals surface area contributed by atoms with Gasteiger partial charge in [0.15, 0.2) is 0 Å². The molecule has 0 spiro atoms. The van der Waals surface area contributed by atoms with Gasteiger partial charge in [-0.3, -0.25) is 0 Å². The van der Waals surface area contributed by atoms with Crippen molar-refractivity contribution < 1.29 is 9.68 Å². The van der Waals surface area contributed by atoms with Crippen LogP contribution in [0.1, 0.15) is 49.9 Å². The molecule has 0 bridgehead atoms. The van der Waals surface area contributed by atoms with Crippen LogP contribution in [0.5, 0.6) is 5.75 Å². The largest absolute Gasteiger partial charge is 0.569 e. The average molecular weight is 1120 g/mol. The molecule has 0 saturated carbocycles. The van der Waals surface area contributed by atoms with Gasteiger partial charge in [0.1, 0.15) is 5.75 Å². The number of fused-ring (bicyclic) bond motifs is 12. The van der Waals surface area contributed by atoms with E-state index >= 15 is 0 Å². The van der Waals surface area contributed by atoms with Crippen LogP contribution in [-0.4, -0.2) is 12.7 Å². The van der Waals surface area contributed by atoms with Gasteiger partial charge in [-0.15, -0.1) is 0 Å². The van der Waals surface area contributed by atoms with E-state index in [1.165, 1.54) is 125 Å². The van der Waals surface area contributed by atoms with Crippen LogP contribution in [0.2, 0.25) is 0 Å². The summed E-state index contributed by atoms with van der Waals surface area (Å²) in [5, 5.41) is 23.8. The van der Waals surface area contributed by atoms with E-state index in [1.54, 1.807) is 0 Å². The van der Waals surface area contributed by atoms with E-state index in [4.69, 9.17) is 4.65 Å². The number of benzene rings is 14. The molecule has 2 aliphatic rings. The first-order valence-electron chi connectivity index (χ1n) is 28.2. The van der Waals surface area contributed by atoms with Gasteiger partial charge in [-0.25, -0.2) is 0 Å². The maximum Gasteiger partial charge on any atom is 0.569 e. The van der Waals surface area contributed by atoms with Crippen molar-refractivity contribution in [2.45, 2.75) is 38.5 Å². The molecule has 0 saturated heterocycles. The second-order valence-electron chi connectivity index (χ2n) is 22.7. The molecule has 0 amide bonds. The normalized spacial score (nSPS) is 13.2. The third kappa shape index (κ3) is 8.34. The molecule has 14 aromatic carbocycles. The average Bonchev–Trinajstić information content (AvgIpc) is 2.14. The Morgan fingerprint density at radius 2 is 0.646 bits per heavy atom. The zero-order valence-corrected chi connectivity index (χ0v) is 47.8. The second-order valence-corrected chi connectivity index (χ2v) is 23.6. The Balaban J connectivity index is 0.000000119. The van der Waals surface area contributed by atoms with Gasteiger partial charge >= 0.3 is 7.69 Å². The van der Waals surface area contributed by atoms with Gasteiger partial charge in [0.2, 0.25) is 0 Å². The summed E-state index contributed by atoms with van der Waals surface area (Å²) in [4.78, 5) is 0. The smallest absolute Gasteiger partial charge is 0.537 e. The van der Waals surface area contributed by atoms with Gasteiger partial charge in [0, 0.05) is 31.6 Å². The third-order valence-corrected chi connectivity index (χ3v) is 18.1. The SMILES string of the molecule is CC1(C)c2cc3ccccc3cc2-c2c(-c3c4ccccc4c(-c4ccccc4)c4ccccc34)cccc21.CC1(C)c2cc3ccccc3cc2-c2c(Br)cccc21.O[B]Oc1c2ccccc2c(-c2ccccc2)c2ccccc12. The van der Waals surface area contributed by atoms with Gasteiger partial charge < -0.3 is 9.68 Å². The minimum Gasteiger partial charge on any atom is -0.537 e. The van der Waals surface area contributed by atoms with Crippen molar-refractivity contribution >= 4 is 88.2 Å². The summed E-state index contributed by atoms with van der Waals surface area (Å²) >= 11 is 3.73. The predicted molar refractivity (Wildman–Crippen MR) is 352 cm³/mol. The summed E-state index contributed by atoms with van der Waals surface area (Å²) in [6.07, 6.45) is 0. The van der Waals surface area contributed by atoms with E-state index in [9.17, 15) is 5.02 Å². The lowest BCUT2D eigenvalue weighted by molar-refractivity contribution is 0.459. The van der Waals surface area contributed by atoms with E-state index < -0.39 is 0 Å². The molecular weight excluding hydrogens is 1060 g/mol. The Hall–Kier alpha value is -9.06. The summed E-state index contributed by atoms with van der Waals surface area (Å²) in [6, 6.07) is 95.7. The Kier molecular flexibility index (Phi) is 12.8. The van der Waals surface area contributed by atoms with Crippen LogP contribution in [0.15, 0.2) is 271 Å². The fourth-order valence-corrected chi connectivity index (χ4v) is 14.2. The van der Waals surface area contributed by atoms with Crippen LogP contribution >= 0.6 is 15.9 Å². The molecule has 4 heteroatoms. The molecule has 391 valence electrons. The third-order valence-electron chi connectivity index (χ3n) is 17.5. The minimum atomic E-state index is -0.0692. The standard InChI is InChI=1S/C39H28.C20H14BO2.C19H15Br/c1-39(2)34-22-12-21-32(38(34)33-23-26-15-6-7-16-27(26)24-35(33)39)37-30-19-10-8-17-28(30)36(25-13-4-3-5-14-25)29-18-9-11-20-31(29)37;22-21-23-20-17-12-6-4-10-15(17)19(14-8-2-1-3-9-14)16-11-5-7-13-18(16)20;1-19(2)15-8-5-9-17(20)18(15)14-10-12-6-3-4-7-13(12)11-16(14)19/h3-24H,1-2H3;1-13,22H;3-11H,1-2H3. The lowest BCUT2D eigenvalue weighted by Gasteiger charge is -2.22. The summed E-state index contributed by atoms with van der Waals surface area (Å²) in [5.41, 5.74) is 18.7. The van der Waals surface area contributed by atoms with Crippen LogP contribution in [0.4, 0.5) is 0 Å². The van der Waals surface area contributed by atoms with Crippen LogP contribution in [0.25, 0.3) is 120 Å². The van der Waals surface area contributed by atoms with Gasteiger partial charge in [0.05, 0.1) is 0 Å². The molecule has 0 aliphatic heterocycles. The zero-order chi connectivity index (χ0) is 55.7. The Labute approximate surface area is 488 Å². The first kappa shape index (κ1) is 51.1. The molecule has 2 aliphatic carbocycles. The van der Waals surface area contributed by atoms with Crippen molar-refractivity contribution in [1.29, 1.82) is 0 Å². The maximum atomic E-state index is 9.18. The molecule has 0 fully saturated rings. The van der Waals surface area contributed by atoms with Crippen LogP contribution in [0.3, 0.4) is 0 Å². The van der Waals surface area contributed by atoms with Crippen molar-refractivity contribution in [2.75, 3.05) is 0 Å². The van der Waals surface area contributed by atoms with E-state index in [0.717, 1.165) is 29.2 Å². The highest BCUT2D eigenvalue weighted by molar-refractivity contribution is 9.10. The molecule has 0 unspecified atom stereocenters. The zero-order valence-electron chi connectivity index (χ0n) is 46.2. The van der Waals surface area contributed by atoms with Crippen LogP contribution in [0, 0.1) is 0 Å². The summed E-state index contributed by atoms with van der Waals surface area (Å²) in [5.74, 6) is 0.679. The quantitative estimate of drug-likeness (QED) is 0.137. The van der Waals surface area contributed by atoms with Gasteiger partial charge in [-0.05, 0) is 157 Å². The van der Waals surface area contributed by atoms with Crippen molar-refractivity contribution in [3.05, 3.63) is 294 Å². The van der Waals surface area contributed by atoms with E-state index in [-0.39, 0.29) is 10.8 Å². The topological polar surface area (TPSA) is 29.5 Å². The van der Waals surface area contributed by atoms with Crippen molar-refractivity contribution in [3.8, 4) is 61.4 Å². The fourth-order valence-electron chi connectivity index (χ4n) is 13.6. The Morgan fingerprint density at radius 1 is 0.305 bits per heavy atom. The lowest BCUT2D eigenvalue weighted by Crippen LogP contribution is -2.14. The molecule has 82 heavy (non-hydrogen) atoms. The first-order chi connectivity index (χ1) is 40.1. The highest BCUT2D eigenvalue weighted by Gasteiger charge is 2.39. The van der Waals surface area contributed by atoms with E-state index in [0.29, 0.717) is 5.75 Å². The maximum absolute atomic E-state index is 9.18. The van der Waals surface area contributed by atoms with Gasteiger partial charge in [0.25, 0.3) is 0 Å². The molecule has 0 heterocycles. The van der Waals surface area contributed by atoms with E-state index in [1.807, 2.05) is 54.6 Å². The van der Waals surface area contributed by atoms with Crippen LogP contribution < -0.4 is 4.65 Å². The molecule has 2 nitrogen and oxygen atoms in total. The molecule has 14 aromatic rings. The molecular formula is C78H57BBrO2. The van der Waals surface area contributed by atoms with Crippen molar-refractivity contribution in [3.63, 3.8) is 0 Å². The van der Waals surface area contributed by atoms with Gasteiger partial charge in [-0.1, -0.05) is 280 Å². The molecule has 16 rings (SSSR count). The number of rotatable bonds is 5. The van der Waals surface area contributed by atoms with E-state index in [2.05, 4.69) is 256 Å². The first-order valence-corrected chi connectivity index (χ1v) is 29.0. The van der Waals surface area contributed by atoms with Crippen LogP contribution in [-0.2, 0) is 10.8 Å². The lowest BCUT2D eigenvalue weighted by atomic mass is 9.80. The number of hydrogen-bond donors (Lipinski definition) is 1. The number of halogens is 1. The minimum absolute atomic E-state index is 0.0679. The molecule has 1 N–H and O–H groups in total.